The summed E-state index contributed by atoms with van der Waals surface area (Å²) in [4.78, 5) is 7.30. The summed E-state index contributed by atoms with van der Waals surface area (Å²) < 4.78 is 5.99. The molecule has 1 aliphatic heterocycles. The van der Waals surface area contributed by atoms with E-state index in [0.29, 0.717) is 17.7 Å². The van der Waals surface area contributed by atoms with Gasteiger partial charge in [-0.3, -0.25) is 4.98 Å². The second-order valence-electron chi connectivity index (χ2n) is 6.48. The van der Waals surface area contributed by atoms with Crippen molar-refractivity contribution < 1.29 is 14.9 Å². The fourth-order valence-corrected chi connectivity index (χ4v) is 3.90. The molecule has 6 heteroatoms. The molecule has 0 radical (unpaired) electrons. The first-order valence-electron chi connectivity index (χ1n) is 7.74. The molecule has 1 aliphatic rings. The second kappa shape index (κ2) is 6.29. The minimum atomic E-state index is -1.01. The van der Waals surface area contributed by atoms with Crippen molar-refractivity contribution >= 4 is 11.3 Å². The van der Waals surface area contributed by atoms with Crippen molar-refractivity contribution in [3.05, 3.63) is 57.6 Å². The van der Waals surface area contributed by atoms with Gasteiger partial charge in [-0.2, -0.15) is 0 Å². The van der Waals surface area contributed by atoms with Gasteiger partial charge < -0.3 is 19.8 Å². The number of pyridine rings is 1. The topological polar surface area (TPSA) is 65.8 Å². The minimum Gasteiger partial charge on any atom is -0.506 e. The standard InChI is InChI=1S/C18H22N2O3S/c1-11(9-20(3)4)16(21)15-17(22)12-10-23-18(2,13(12)8-19-15)14-6-5-7-24-14/h5-8,16,21-22H,1,9-10H2,2-4H3. The van der Waals surface area contributed by atoms with Crippen molar-refractivity contribution in [2.75, 3.05) is 20.6 Å². The third kappa shape index (κ3) is 2.75. The van der Waals surface area contributed by atoms with E-state index < -0.39 is 11.7 Å². The number of fused-ring (bicyclic) bond motifs is 1. The maximum atomic E-state index is 10.6. The third-order valence-corrected chi connectivity index (χ3v) is 5.43. The van der Waals surface area contributed by atoms with Crippen LogP contribution in [-0.4, -0.2) is 40.7 Å². The van der Waals surface area contributed by atoms with E-state index in [4.69, 9.17) is 4.74 Å². The lowest BCUT2D eigenvalue weighted by Crippen LogP contribution is -2.21. The number of aromatic nitrogens is 1. The number of hydrogen-bond acceptors (Lipinski definition) is 6. The Kier molecular flexibility index (Phi) is 4.48. The van der Waals surface area contributed by atoms with E-state index >= 15 is 0 Å². The molecule has 0 aliphatic carbocycles. The zero-order valence-electron chi connectivity index (χ0n) is 14.1. The summed E-state index contributed by atoms with van der Waals surface area (Å²) in [5, 5.41) is 23.1. The zero-order valence-corrected chi connectivity index (χ0v) is 14.9. The predicted octanol–water partition coefficient (Wildman–Crippen LogP) is 2.79. The molecule has 0 bridgehead atoms. The second-order valence-corrected chi connectivity index (χ2v) is 7.43. The molecule has 2 unspecified atom stereocenters. The molecule has 2 N–H and O–H groups in total. The van der Waals surface area contributed by atoms with E-state index in [1.54, 1.807) is 17.5 Å². The Hall–Kier alpha value is -1.73. The number of aliphatic hydroxyl groups excluding tert-OH is 1. The summed E-state index contributed by atoms with van der Waals surface area (Å²) in [6, 6.07) is 3.99. The van der Waals surface area contributed by atoms with Crippen molar-refractivity contribution in [3.63, 3.8) is 0 Å². The fourth-order valence-electron chi connectivity index (χ4n) is 3.05. The van der Waals surface area contributed by atoms with Crippen molar-refractivity contribution in [3.8, 4) is 5.75 Å². The van der Waals surface area contributed by atoms with Gasteiger partial charge in [0.1, 0.15) is 23.1 Å². The molecule has 0 saturated heterocycles. The number of hydrogen-bond donors (Lipinski definition) is 2. The van der Waals surface area contributed by atoms with E-state index in [-0.39, 0.29) is 18.1 Å². The van der Waals surface area contributed by atoms with Crippen LogP contribution in [0.4, 0.5) is 0 Å². The maximum Gasteiger partial charge on any atom is 0.146 e. The Morgan fingerprint density at radius 2 is 2.29 bits per heavy atom. The highest BCUT2D eigenvalue weighted by molar-refractivity contribution is 7.10. The summed E-state index contributed by atoms with van der Waals surface area (Å²) in [5.41, 5.74) is 1.74. The largest absolute Gasteiger partial charge is 0.506 e. The summed E-state index contributed by atoms with van der Waals surface area (Å²) >= 11 is 1.61. The van der Waals surface area contributed by atoms with Crippen molar-refractivity contribution in [2.45, 2.75) is 25.2 Å². The summed E-state index contributed by atoms with van der Waals surface area (Å²) in [7, 11) is 3.79. The summed E-state index contributed by atoms with van der Waals surface area (Å²) in [5.74, 6) is 0.000173. The van der Waals surface area contributed by atoms with Crippen LogP contribution < -0.4 is 0 Å². The molecule has 0 fully saturated rings. The highest BCUT2D eigenvalue weighted by Crippen LogP contribution is 2.47. The lowest BCUT2D eigenvalue weighted by molar-refractivity contribution is 0.0120. The molecule has 2 aromatic rings. The van der Waals surface area contributed by atoms with Gasteiger partial charge in [0.15, 0.2) is 0 Å². The van der Waals surface area contributed by atoms with E-state index in [1.165, 1.54) is 0 Å². The predicted molar refractivity (Wildman–Crippen MR) is 94.1 cm³/mol. The minimum absolute atomic E-state index is 0.000173. The van der Waals surface area contributed by atoms with Gasteiger partial charge in [-0.1, -0.05) is 12.6 Å². The molecule has 2 aromatic heterocycles. The SMILES string of the molecule is C=C(CN(C)C)C(O)c1ncc2c(c1O)COC2(C)c1cccs1. The Balaban J connectivity index is 1.97. The quantitative estimate of drug-likeness (QED) is 0.815. The van der Waals surface area contributed by atoms with Gasteiger partial charge in [-0.25, -0.2) is 0 Å². The lowest BCUT2D eigenvalue weighted by Gasteiger charge is -2.24. The number of nitrogens with zero attached hydrogens (tertiary/aromatic N) is 2. The number of aliphatic hydroxyl groups is 1. The van der Waals surface area contributed by atoms with Crippen molar-refractivity contribution in [1.29, 1.82) is 0 Å². The lowest BCUT2D eigenvalue weighted by atomic mass is 9.92. The fraction of sp³-hybridized carbons (Fsp3) is 0.389. The molecule has 0 saturated carbocycles. The van der Waals surface area contributed by atoms with E-state index in [1.807, 2.05) is 43.4 Å². The van der Waals surface area contributed by atoms with Crippen LogP contribution in [0.2, 0.25) is 0 Å². The molecule has 3 heterocycles. The van der Waals surface area contributed by atoms with Crippen LogP contribution >= 0.6 is 11.3 Å². The van der Waals surface area contributed by atoms with Gasteiger partial charge in [0, 0.05) is 28.7 Å². The smallest absolute Gasteiger partial charge is 0.146 e. The van der Waals surface area contributed by atoms with Gasteiger partial charge >= 0.3 is 0 Å². The zero-order chi connectivity index (χ0) is 17.5. The van der Waals surface area contributed by atoms with Crippen molar-refractivity contribution in [1.82, 2.24) is 9.88 Å². The molecule has 3 rings (SSSR count). The molecule has 128 valence electrons. The van der Waals surface area contributed by atoms with E-state index in [9.17, 15) is 10.2 Å². The molecule has 2 atom stereocenters. The van der Waals surface area contributed by atoms with Crippen LogP contribution in [0.3, 0.4) is 0 Å². The van der Waals surface area contributed by atoms with Gasteiger partial charge in [-0.15, -0.1) is 11.3 Å². The van der Waals surface area contributed by atoms with Crippen LogP contribution in [0.25, 0.3) is 0 Å². The first kappa shape index (κ1) is 17.1. The molecule has 24 heavy (non-hydrogen) atoms. The first-order chi connectivity index (χ1) is 11.3. The molecule has 5 nitrogen and oxygen atoms in total. The van der Waals surface area contributed by atoms with Crippen LogP contribution in [0.15, 0.2) is 35.9 Å². The maximum absolute atomic E-state index is 10.6. The Morgan fingerprint density at radius 3 is 2.92 bits per heavy atom. The van der Waals surface area contributed by atoms with Gasteiger partial charge in [0.05, 0.1) is 6.61 Å². The van der Waals surface area contributed by atoms with Gasteiger partial charge in [-0.05, 0) is 38.0 Å². The number of aromatic hydroxyl groups is 1. The molecule has 0 aromatic carbocycles. The van der Waals surface area contributed by atoms with Crippen LogP contribution in [0.5, 0.6) is 5.75 Å². The highest BCUT2D eigenvalue weighted by Gasteiger charge is 2.41. The van der Waals surface area contributed by atoms with E-state index in [2.05, 4.69) is 11.6 Å². The van der Waals surface area contributed by atoms with Crippen molar-refractivity contribution in [2.24, 2.45) is 0 Å². The summed E-state index contributed by atoms with van der Waals surface area (Å²) in [6.45, 7) is 6.69. The Labute approximate surface area is 145 Å². The molecular weight excluding hydrogens is 324 g/mol. The summed E-state index contributed by atoms with van der Waals surface area (Å²) in [6.07, 6.45) is 0.690. The third-order valence-electron chi connectivity index (χ3n) is 4.36. The van der Waals surface area contributed by atoms with Gasteiger partial charge in [0.2, 0.25) is 0 Å². The van der Waals surface area contributed by atoms with Gasteiger partial charge in [0.25, 0.3) is 0 Å². The number of rotatable bonds is 5. The number of thiophene rings is 1. The Bertz CT molecular complexity index is 758. The molecule has 0 spiro atoms. The average Bonchev–Trinajstić information content (AvgIpc) is 3.16. The number of ether oxygens (including phenoxy) is 1. The molecule has 0 amide bonds. The normalized spacial score (nSPS) is 21.0. The first-order valence-corrected chi connectivity index (χ1v) is 8.62. The van der Waals surface area contributed by atoms with Crippen LogP contribution in [0, 0.1) is 0 Å². The Morgan fingerprint density at radius 1 is 1.54 bits per heavy atom. The monoisotopic (exact) mass is 346 g/mol. The highest BCUT2D eigenvalue weighted by atomic mass is 32.1. The van der Waals surface area contributed by atoms with E-state index in [0.717, 1.165) is 10.4 Å². The average molecular weight is 346 g/mol. The van der Waals surface area contributed by atoms with Crippen LogP contribution in [0.1, 0.15) is 34.7 Å². The van der Waals surface area contributed by atoms with Crippen LogP contribution in [-0.2, 0) is 16.9 Å². The molecular formula is C18H22N2O3S. The number of likely N-dealkylation sites (N-methyl/N-ethyl adjacent to an activating group) is 1.